The molecule has 2 aliphatic rings. The van der Waals surface area contributed by atoms with Crippen molar-refractivity contribution in [2.24, 2.45) is 4.99 Å². The molecule has 2 aliphatic heterocycles. The lowest BCUT2D eigenvalue weighted by molar-refractivity contribution is -0.125. The highest BCUT2D eigenvalue weighted by atomic mass is 19.1. The van der Waals surface area contributed by atoms with Crippen LogP contribution in [-0.4, -0.2) is 54.6 Å². The molecule has 20 heavy (non-hydrogen) atoms. The second kappa shape index (κ2) is 4.98. The zero-order valence-electron chi connectivity index (χ0n) is 11.8. The van der Waals surface area contributed by atoms with E-state index in [1.165, 1.54) is 12.1 Å². The Bertz CT molecular complexity index is 589. The average molecular weight is 275 g/mol. The fraction of sp³-hybridized carbons (Fsp3) is 0.467. The van der Waals surface area contributed by atoms with Gasteiger partial charge in [0.15, 0.2) is 0 Å². The van der Waals surface area contributed by atoms with Gasteiger partial charge in [-0.15, -0.1) is 0 Å². The Morgan fingerprint density at radius 1 is 1.25 bits per heavy atom. The van der Waals surface area contributed by atoms with E-state index >= 15 is 0 Å². The van der Waals surface area contributed by atoms with Crippen LogP contribution in [0.2, 0.25) is 0 Å². The molecule has 1 saturated heterocycles. The van der Waals surface area contributed by atoms with Crippen LogP contribution in [0.4, 0.5) is 10.1 Å². The number of carbonyl (C=O) groups is 1. The van der Waals surface area contributed by atoms with E-state index in [2.05, 4.69) is 16.9 Å². The maximum absolute atomic E-state index is 13.4. The molecule has 1 fully saturated rings. The number of rotatable bonds is 1. The van der Waals surface area contributed by atoms with Gasteiger partial charge in [-0.1, -0.05) is 0 Å². The Kier molecular flexibility index (Phi) is 3.30. The third kappa shape index (κ3) is 2.33. The van der Waals surface area contributed by atoms with Gasteiger partial charge >= 0.3 is 0 Å². The van der Waals surface area contributed by atoms with Gasteiger partial charge in [-0.2, -0.15) is 0 Å². The molecule has 0 spiro atoms. The average Bonchev–Trinajstić information content (AvgIpc) is 2.83. The molecular formula is C15H18FN3O. The summed E-state index contributed by atoms with van der Waals surface area (Å²) in [5.74, 6) is -0.265. The number of piperazine rings is 1. The van der Waals surface area contributed by atoms with Crippen molar-refractivity contribution in [2.45, 2.75) is 13.3 Å². The van der Waals surface area contributed by atoms with Crippen LogP contribution in [-0.2, 0) is 11.2 Å². The minimum absolute atomic E-state index is 0.00546. The lowest BCUT2D eigenvalue weighted by atomic mass is 10.1. The Balaban J connectivity index is 1.79. The van der Waals surface area contributed by atoms with E-state index in [9.17, 15) is 9.18 Å². The smallest absolute Gasteiger partial charge is 0.268 e. The molecule has 3 rings (SSSR count). The topological polar surface area (TPSA) is 35.9 Å². The summed E-state index contributed by atoms with van der Waals surface area (Å²) in [6.45, 7) is 5.07. The van der Waals surface area contributed by atoms with Crippen molar-refractivity contribution in [1.29, 1.82) is 0 Å². The molecule has 1 aromatic rings. The number of carbonyl (C=O) groups excluding carboxylic acids is 1. The molecule has 0 radical (unpaired) electrons. The van der Waals surface area contributed by atoms with Crippen LogP contribution in [0.3, 0.4) is 0 Å². The molecule has 1 aromatic carbocycles. The van der Waals surface area contributed by atoms with Gasteiger partial charge in [0.1, 0.15) is 11.5 Å². The summed E-state index contributed by atoms with van der Waals surface area (Å²) in [7, 11) is 2.05. The van der Waals surface area contributed by atoms with E-state index in [1.807, 2.05) is 11.8 Å². The molecule has 0 saturated carbocycles. The largest absolute Gasteiger partial charge is 0.335 e. The third-order valence-electron chi connectivity index (χ3n) is 3.99. The summed E-state index contributed by atoms with van der Waals surface area (Å²) in [5.41, 5.74) is 2.92. The molecule has 2 heterocycles. The normalized spacial score (nSPS) is 18.9. The summed E-state index contributed by atoms with van der Waals surface area (Å²) in [5, 5.41) is 0. The Morgan fingerprint density at radius 3 is 2.65 bits per heavy atom. The zero-order chi connectivity index (χ0) is 14.3. The molecule has 0 aromatic heterocycles. The van der Waals surface area contributed by atoms with Crippen LogP contribution in [0.1, 0.15) is 11.1 Å². The van der Waals surface area contributed by atoms with Gasteiger partial charge in [0, 0.05) is 32.6 Å². The van der Waals surface area contributed by atoms with E-state index in [0.29, 0.717) is 12.1 Å². The predicted molar refractivity (Wildman–Crippen MR) is 76.0 cm³/mol. The maximum atomic E-state index is 13.4. The van der Waals surface area contributed by atoms with Gasteiger partial charge in [0.2, 0.25) is 0 Å². The van der Waals surface area contributed by atoms with Crippen molar-refractivity contribution in [3.05, 3.63) is 29.1 Å². The molecule has 0 aliphatic carbocycles. The molecule has 4 nitrogen and oxygen atoms in total. The number of likely N-dealkylation sites (N-methyl/N-ethyl adjacent to an activating group) is 1. The first kappa shape index (κ1) is 13.2. The van der Waals surface area contributed by atoms with Crippen LogP contribution in [0, 0.1) is 12.7 Å². The zero-order valence-corrected chi connectivity index (χ0v) is 11.8. The van der Waals surface area contributed by atoms with Crippen molar-refractivity contribution < 1.29 is 9.18 Å². The number of benzene rings is 1. The minimum Gasteiger partial charge on any atom is -0.335 e. The molecule has 1 amide bonds. The van der Waals surface area contributed by atoms with Gasteiger partial charge in [-0.3, -0.25) is 4.79 Å². The first-order chi connectivity index (χ1) is 9.54. The number of fused-ring (bicyclic) bond motifs is 1. The Morgan fingerprint density at radius 2 is 1.95 bits per heavy atom. The van der Waals surface area contributed by atoms with E-state index in [-0.39, 0.29) is 11.7 Å². The number of amides is 1. The lowest BCUT2D eigenvalue weighted by Gasteiger charge is -2.32. The van der Waals surface area contributed by atoms with Gasteiger partial charge in [0.05, 0.1) is 5.69 Å². The van der Waals surface area contributed by atoms with Gasteiger partial charge < -0.3 is 9.80 Å². The highest BCUT2D eigenvalue weighted by molar-refractivity contribution is 6.40. The van der Waals surface area contributed by atoms with Crippen molar-refractivity contribution in [3.8, 4) is 0 Å². The van der Waals surface area contributed by atoms with E-state index in [0.717, 1.165) is 43.0 Å². The van der Waals surface area contributed by atoms with Crippen LogP contribution >= 0.6 is 0 Å². The maximum Gasteiger partial charge on any atom is 0.268 e. The predicted octanol–water partition coefficient (Wildman–Crippen LogP) is 1.54. The van der Waals surface area contributed by atoms with Crippen LogP contribution in [0.15, 0.2) is 17.1 Å². The number of aliphatic imine (C=N–C) groups is 1. The number of hydrogen-bond donors (Lipinski definition) is 0. The molecule has 106 valence electrons. The fourth-order valence-electron chi connectivity index (χ4n) is 2.77. The molecule has 5 heteroatoms. The van der Waals surface area contributed by atoms with Gasteiger partial charge in [0.25, 0.3) is 5.91 Å². The minimum atomic E-state index is -0.259. The van der Waals surface area contributed by atoms with Crippen LogP contribution < -0.4 is 0 Å². The van der Waals surface area contributed by atoms with Crippen molar-refractivity contribution >= 4 is 17.3 Å². The summed E-state index contributed by atoms with van der Waals surface area (Å²) in [6, 6.07) is 2.95. The fourth-order valence-corrected chi connectivity index (χ4v) is 2.77. The van der Waals surface area contributed by atoms with Gasteiger partial charge in [-0.25, -0.2) is 9.38 Å². The summed E-state index contributed by atoms with van der Waals surface area (Å²) in [4.78, 5) is 20.9. The molecule has 0 atom stereocenters. The first-order valence-electron chi connectivity index (χ1n) is 6.89. The van der Waals surface area contributed by atoms with E-state index in [4.69, 9.17) is 0 Å². The second-order valence-corrected chi connectivity index (χ2v) is 5.56. The van der Waals surface area contributed by atoms with Crippen LogP contribution in [0.25, 0.3) is 0 Å². The summed E-state index contributed by atoms with van der Waals surface area (Å²) in [6.07, 6.45) is 0.444. The number of halogens is 1. The number of nitrogens with zero attached hydrogens (tertiary/aromatic N) is 3. The molecule has 0 unspecified atom stereocenters. The number of aryl methyl sites for hydroxylation is 1. The summed E-state index contributed by atoms with van der Waals surface area (Å²) >= 11 is 0. The van der Waals surface area contributed by atoms with Gasteiger partial charge in [-0.05, 0) is 37.2 Å². The van der Waals surface area contributed by atoms with Crippen molar-refractivity contribution in [2.75, 3.05) is 33.2 Å². The highest BCUT2D eigenvalue weighted by Crippen LogP contribution is 2.31. The van der Waals surface area contributed by atoms with Crippen molar-refractivity contribution in [3.63, 3.8) is 0 Å². The molecule has 0 bridgehead atoms. The lowest BCUT2D eigenvalue weighted by Crippen LogP contribution is -2.49. The SMILES string of the molecule is Cc1cc(F)cc2c1N=C(C(=O)N1CCN(C)CC1)C2. The first-order valence-corrected chi connectivity index (χ1v) is 6.89. The Hall–Kier alpha value is -1.75. The van der Waals surface area contributed by atoms with Crippen molar-refractivity contribution in [1.82, 2.24) is 9.80 Å². The third-order valence-corrected chi connectivity index (χ3v) is 3.99. The molecular weight excluding hydrogens is 257 g/mol. The standard InChI is InChI=1S/C15H18FN3O/c1-10-7-12(16)8-11-9-13(17-14(10)11)15(20)19-5-3-18(2)4-6-19/h7-8H,3-6,9H2,1-2H3. The quantitative estimate of drug-likeness (QED) is 0.779. The molecule has 0 N–H and O–H groups in total. The second-order valence-electron chi connectivity index (χ2n) is 5.56. The highest BCUT2D eigenvalue weighted by Gasteiger charge is 2.27. The monoisotopic (exact) mass is 275 g/mol. The van der Waals surface area contributed by atoms with E-state index in [1.54, 1.807) is 0 Å². The van der Waals surface area contributed by atoms with E-state index < -0.39 is 0 Å². The Labute approximate surface area is 117 Å². The number of hydrogen-bond acceptors (Lipinski definition) is 3. The van der Waals surface area contributed by atoms with Crippen LogP contribution in [0.5, 0.6) is 0 Å². The summed E-state index contributed by atoms with van der Waals surface area (Å²) < 4.78 is 13.4.